The van der Waals surface area contributed by atoms with E-state index in [9.17, 15) is 22.8 Å². The second-order valence-electron chi connectivity index (χ2n) is 4.60. The van der Waals surface area contributed by atoms with Crippen molar-refractivity contribution in [1.29, 1.82) is 0 Å². The average molecular weight is 307 g/mol. The standard InChI is InChI=1S/C10H17N3O6S/c1-10(2,13-20(3,18)19)6-11-9(17)12-7(14)4-5-8(15)16/h4-5,13H,6H2,1-3H3,(H,15,16)(H2,11,12,14,17). The number of aliphatic carboxylic acids is 1. The van der Waals surface area contributed by atoms with Crippen LogP contribution in [0.1, 0.15) is 13.8 Å². The highest BCUT2D eigenvalue weighted by Crippen LogP contribution is 2.01. The monoisotopic (exact) mass is 307 g/mol. The predicted molar refractivity (Wildman–Crippen MR) is 70.4 cm³/mol. The molecule has 0 bridgehead atoms. The van der Waals surface area contributed by atoms with Crippen molar-refractivity contribution < 1.29 is 27.9 Å². The number of carboxylic acids is 1. The number of urea groups is 1. The van der Waals surface area contributed by atoms with Crippen molar-refractivity contribution in [3.8, 4) is 0 Å². The van der Waals surface area contributed by atoms with E-state index in [0.717, 1.165) is 6.26 Å². The predicted octanol–water partition coefficient (Wildman–Crippen LogP) is -1.22. The summed E-state index contributed by atoms with van der Waals surface area (Å²) in [5.74, 6) is -2.22. The molecule has 0 aliphatic carbocycles. The van der Waals surface area contributed by atoms with Crippen LogP contribution in [0.4, 0.5) is 4.79 Å². The second-order valence-corrected chi connectivity index (χ2v) is 6.35. The molecule has 10 heteroatoms. The lowest BCUT2D eigenvalue weighted by Crippen LogP contribution is -2.53. The van der Waals surface area contributed by atoms with Crippen LogP contribution < -0.4 is 15.4 Å². The van der Waals surface area contributed by atoms with Crippen LogP contribution in [0, 0.1) is 0 Å². The molecule has 0 heterocycles. The Balaban J connectivity index is 4.30. The van der Waals surface area contributed by atoms with Gasteiger partial charge in [0.15, 0.2) is 0 Å². The van der Waals surface area contributed by atoms with E-state index in [1.54, 1.807) is 13.8 Å². The number of nitrogens with one attached hydrogen (secondary N) is 3. The Labute approximate surface area is 116 Å². The number of amides is 3. The Morgan fingerprint density at radius 3 is 2.20 bits per heavy atom. The van der Waals surface area contributed by atoms with E-state index in [-0.39, 0.29) is 6.54 Å². The first-order valence-electron chi connectivity index (χ1n) is 5.40. The summed E-state index contributed by atoms with van der Waals surface area (Å²) in [4.78, 5) is 32.5. The number of imide groups is 1. The molecule has 0 spiro atoms. The van der Waals surface area contributed by atoms with Crippen molar-refractivity contribution in [2.45, 2.75) is 19.4 Å². The molecule has 0 saturated heterocycles. The van der Waals surface area contributed by atoms with Crippen molar-refractivity contribution in [3.05, 3.63) is 12.2 Å². The van der Waals surface area contributed by atoms with Gasteiger partial charge in [-0.15, -0.1) is 0 Å². The summed E-state index contributed by atoms with van der Waals surface area (Å²) >= 11 is 0. The van der Waals surface area contributed by atoms with Crippen LogP contribution in [0.5, 0.6) is 0 Å². The van der Waals surface area contributed by atoms with Crippen LogP contribution in [0.2, 0.25) is 0 Å². The minimum Gasteiger partial charge on any atom is -0.478 e. The van der Waals surface area contributed by atoms with Crippen molar-refractivity contribution in [2.24, 2.45) is 0 Å². The van der Waals surface area contributed by atoms with Gasteiger partial charge in [0, 0.05) is 24.2 Å². The van der Waals surface area contributed by atoms with Gasteiger partial charge in [0.25, 0.3) is 5.91 Å². The van der Waals surface area contributed by atoms with Crippen LogP contribution in [0.3, 0.4) is 0 Å². The average Bonchev–Trinajstić information content (AvgIpc) is 2.20. The number of hydrogen-bond donors (Lipinski definition) is 4. The summed E-state index contributed by atoms with van der Waals surface area (Å²) in [7, 11) is -3.44. The van der Waals surface area contributed by atoms with E-state index >= 15 is 0 Å². The SMILES string of the molecule is CC(C)(CNC(=O)NC(=O)C=CC(=O)O)NS(C)(=O)=O. The summed E-state index contributed by atoms with van der Waals surface area (Å²) in [6.45, 7) is 3.02. The van der Waals surface area contributed by atoms with E-state index in [1.165, 1.54) is 0 Å². The lowest BCUT2D eigenvalue weighted by Gasteiger charge is -2.25. The largest absolute Gasteiger partial charge is 0.478 e. The molecular weight excluding hydrogens is 290 g/mol. The Morgan fingerprint density at radius 1 is 1.20 bits per heavy atom. The topological polar surface area (TPSA) is 142 Å². The summed E-state index contributed by atoms with van der Waals surface area (Å²) in [6.07, 6.45) is 2.24. The Hall–Kier alpha value is -1.94. The lowest BCUT2D eigenvalue weighted by atomic mass is 10.1. The maximum absolute atomic E-state index is 11.3. The summed E-state index contributed by atoms with van der Waals surface area (Å²) < 4.78 is 24.4. The smallest absolute Gasteiger partial charge is 0.328 e. The van der Waals surface area contributed by atoms with Gasteiger partial charge in [-0.25, -0.2) is 22.7 Å². The fourth-order valence-electron chi connectivity index (χ4n) is 1.18. The van der Waals surface area contributed by atoms with Gasteiger partial charge in [0.2, 0.25) is 10.0 Å². The highest BCUT2D eigenvalue weighted by Gasteiger charge is 2.22. The molecule has 4 N–H and O–H groups in total. The molecular formula is C10H17N3O6S. The maximum Gasteiger partial charge on any atom is 0.328 e. The van der Waals surface area contributed by atoms with Gasteiger partial charge in [0.1, 0.15) is 0 Å². The number of carbonyl (C=O) groups is 3. The molecule has 0 rings (SSSR count). The first-order chi connectivity index (χ1) is 8.91. The number of hydrogen-bond acceptors (Lipinski definition) is 5. The van der Waals surface area contributed by atoms with Crippen LogP contribution in [0.15, 0.2) is 12.2 Å². The molecule has 0 fully saturated rings. The molecule has 0 saturated carbocycles. The summed E-state index contributed by atoms with van der Waals surface area (Å²) in [5.41, 5.74) is -0.940. The number of carbonyl (C=O) groups excluding carboxylic acids is 2. The first-order valence-corrected chi connectivity index (χ1v) is 7.29. The number of carboxylic acid groups (broad SMARTS) is 1. The van der Waals surface area contributed by atoms with Crippen molar-refractivity contribution in [2.75, 3.05) is 12.8 Å². The quantitative estimate of drug-likeness (QED) is 0.453. The molecule has 0 aromatic rings. The number of rotatable bonds is 6. The van der Waals surface area contributed by atoms with E-state index in [1.807, 2.05) is 5.32 Å². The van der Waals surface area contributed by atoms with Crippen LogP contribution in [-0.2, 0) is 19.6 Å². The highest BCUT2D eigenvalue weighted by atomic mass is 32.2. The Kier molecular flexibility index (Phi) is 6.33. The van der Waals surface area contributed by atoms with Gasteiger partial charge >= 0.3 is 12.0 Å². The molecule has 0 unspecified atom stereocenters. The highest BCUT2D eigenvalue weighted by molar-refractivity contribution is 7.88. The molecule has 0 aromatic carbocycles. The second kappa shape index (κ2) is 7.01. The zero-order chi connectivity index (χ0) is 16.0. The van der Waals surface area contributed by atoms with E-state index in [4.69, 9.17) is 5.11 Å². The van der Waals surface area contributed by atoms with Crippen LogP contribution in [-0.4, -0.2) is 49.8 Å². The molecule has 114 valence electrons. The van der Waals surface area contributed by atoms with Gasteiger partial charge in [-0.3, -0.25) is 10.1 Å². The fourth-order valence-corrected chi connectivity index (χ4v) is 2.26. The van der Waals surface area contributed by atoms with Gasteiger partial charge in [-0.2, -0.15) is 0 Å². The van der Waals surface area contributed by atoms with Crippen LogP contribution in [0.25, 0.3) is 0 Å². The normalized spacial score (nSPS) is 12.2. The lowest BCUT2D eigenvalue weighted by molar-refractivity contribution is -0.131. The summed E-state index contributed by atoms with van der Waals surface area (Å²) in [5, 5.41) is 12.4. The van der Waals surface area contributed by atoms with E-state index in [0.29, 0.717) is 12.2 Å². The Bertz CT molecular complexity index is 523. The third-order valence-corrected chi connectivity index (χ3v) is 2.69. The van der Waals surface area contributed by atoms with Gasteiger partial charge in [0.05, 0.1) is 6.26 Å². The van der Waals surface area contributed by atoms with Crippen molar-refractivity contribution in [3.63, 3.8) is 0 Å². The zero-order valence-corrected chi connectivity index (χ0v) is 12.1. The van der Waals surface area contributed by atoms with E-state index in [2.05, 4.69) is 10.0 Å². The Morgan fingerprint density at radius 2 is 1.75 bits per heavy atom. The van der Waals surface area contributed by atoms with Gasteiger partial charge < -0.3 is 10.4 Å². The molecule has 0 aliphatic rings. The maximum atomic E-state index is 11.3. The summed E-state index contributed by atoms with van der Waals surface area (Å²) in [6, 6.07) is -0.867. The minimum atomic E-state index is -3.44. The zero-order valence-electron chi connectivity index (χ0n) is 11.3. The molecule has 0 atom stereocenters. The van der Waals surface area contributed by atoms with Crippen molar-refractivity contribution >= 4 is 27.9 Å². The van der Waals surface area contributed by atoms with Gasteiger partial charge in [-0.1, -0.05) is 0 Å². The molecule has 0 aromatic heterocycles. The molecule has 9 nitrogen and oxygen atoms in total. The van der Waals surface area contributed by atoms with Gasteiger partial charge in [-0.05, 0) is 13.8 Å². The molecule has 0 radical (unpaired) electrons. The molecule has 3 amide bonds. The first kappa shape index (κ1) is 18.1. The molecule has 20 heavy (non-hydrogen) atoms. The minimum absolute atomic E-state index is 0.0676. The number of sulfonamides is 1. The molecule has 0 aliphatic heterocycles. The van der Waals surface area contributed by atoms with Crippen molar-refractivity contribution in [1.82, 2.24) is 15.4 Å². The van der Waals surface area contributed by atoms with E-state index < -0.39 is 33.5 Å². The third kappa shape index (κ3) is 10.0. The fraction of sp³-hybridized carbons (Fsp3) is 0.500. The van der Waals surface area contributed by atoms with Crippen LogP contribution >= 0.6 is 0 Å². The third-order valence-electron chi connectivity index (χ3n) is 1.77.